The molecule has 0 unspecified atom stereocenters. The summed E-state index contributed by atoms with van der Waals surface area (Å²) in [5, 5.41) is 3.27. The molecule has 1 aliphatic heterocycles. The van der Waals surface area contributed by atoms with Gasteiger partial charge in [-0.25, -0.2) is 4.99 Å². The number of methoxy groups -OCH3 is 1. The third kappa shape index (κ3) is 4.82. The Bertz CT molecular complexity index is 318. The number of allylic oxidation sites excluding steroid dienone is 2. The minimum atomic E-state index is -0.285. The fourth-order valence-corrected chi connectivity index (χ4v) is 1.53. The van der Waals surface area contributed by atoms with E-state index in [1.54, 1.807) is 12.3 Å². The molecule has 0 bridgehead atoms. The molecule has 0 aliphatic carbocycles. The van der Waals surface area contributed by atoms with Crippen LogP contribution in [-0.4, -0.2) is 50.4 Å². The van der Waals surface area contributed by atoms with Crippen LogP contribution in [0.25, 0.3) is 0 Å². The van der Waals surface area contributed by atoms with Gasteiger partial charge in [0.1, 0.15) is 5.82 Å². The van der Waals surface area contributed by atoms with Gasteiger partial charge < -0.3 is 15.0 Å². The predicted octanol–water partition coefficient (Wildman–Crippen LogP) is 0.553. The van der Waals surface area contributed by atoms with Crippen molar-refractivity contribution < 1.29 is 9.53 Å². The van der Waals surface area contributed by atoms with E-state index in [0.29, 0.717) is 0 Å². The average Bonchev–Trinajstić information content (AvgIpc) is 2.38. The monoisotopic (exact) mass is 237 g/mol. The number of piperazine rings is 1. The Hall–Kier alpha value is -1.62. The van der Waals surface area contributed by atoms with Crippen molar-refractivity contribution in [3.63, 3.8) is 0 Å². The highest BCUT2D eigenvalue weighted by Crippen LogP contribution is 2.07. The van der Waals surface area contributed by atoms with Crippen LogP contribution in [0.5, 0.6) is 0 Å². The maximum absolute atomic E-state index is 11.0. The van der Waals surface area contributed by atoms with Gasteiger partial charge in [-0.1, -0.05) is 12.7 Å². The minimum Gasteiger partial charge on any atom is -0.469 e. The fraction of sp³-hybridized carbons (Fsp3) is 0.500. The SMILES string of the molecule is C=C/C=C(\N=CCC(=O)OC)N1CCNCC1. The first-order valence-corrected chi connectivity index (χ1v) is 5.65. The summed E-state index contributed by atoms with van der Waals surface area (Å²) in [6, 6.07) is 0. The number of hydrogen-bond acceptors (Lipinski definition) is 5. The summed E-state index contributed by atoms with van der Waals surface area (Å²) in [5.41, 5.74) is 0. The summed E-state index contributed by atoms with van der Waals surface area (Å²) < 4.78 is 4.54. The highest BCUT2D eigenvalue weighted by atomic mass is 16.5. The maximum Gasteiger partial charge on any atom is 0.310 e. The Balaban J connectivity index is 2.56. The summed E-state index contributed by atoms with van der Waals surface area (Å²) in [4.78, 5) is 17.4. The molecule has 5 nitrogen and oxygen atoms in total. The number of carbonyl (C=O) groups excluding carboxylic acids is 1. The van der Waals surface area contributed by atoms with Gasteiger partial charge in [-0.2, -0.15) is 0 Å². The standard InChI is InChI=1S/C12H19N3O2/c1-3-4-11(14-6-5-12(16)17-2)15-9-7-13-8-10-15/h3-4,6,13H,1,5,7-10H2,2H3/b11-4+,14-6?. The van der Waals surface area contributed by atoms with E-state index in [9.17, 15) is 4.79 Å². The van der Waals surface area contributed by atoms with Crippen LogP contribution in [0.4, 0.5) is 0 Å². The minimum absolute atomic E-state index is 0.192. The lowest BCUT2D eigenvalue weighted by Gasteiger charge is -2.29. The topological polar surface area (TPSA) is 53.9 Å². The molecule has 1 rings (SSSR count). The van der Waals surface area contributed by atoms with Crippen molar-refractivity contribution in [3.05, 3.63) is 24.6 Å². The number of aliphatic imine (C=N–C) groups is 1. The predicted molar refractivity (Wildman–Crippen MR) is 67.8 cm³/mol. The molecule has 0 spiro atoms. The summed E-state index contributed by atoms with van der Waals surface area (Å²) in [6.45, 7) is 7.39. The van der Waals surface area contributed by atoms with Gasteiger partial charge in [-0.3, -0.25) is 4.79 Å². The van der Waals surface area contributed by atoms with E-state index in [1.807, 2.05) is 6.08 Å². The summed E-state index contributed by atoms with van der Waals surface area (Å²) in [7, 11) is 1.37. The molecule has 1 aliphatic rings. The zero-order valence-electron chi connectivity index (χ0n) is 10.2. The Morgan fingerprint density at radius 2 is 2.24 bits per heavy atom. The van der Waals surface area contributed by atoms with Crippen LogP contribution in [0.3, 0.4) is 0 Å². The van der Waals surface area contributed by atoms with Gasteiger partial charge in [0.2, 0.25) is 0 Å². The number of nitrogens with zero attached hydrogens (tertiary/aromatic N) is 2. The largest absolute Gasteiger partial charge is 0.469 e. The van der Waals surface area contributed by atoms with Crippen LogP contribution < -0.4 is 5.32 Å². The van der Waals surface area contributed by atoms with Gasteiger partial charge in [0.05, 0.1) is 13.5 Å². The lowest BCUT2D eigenvalue weighted by molar-refractivity contribution is -0.139. The Morgan fingerprint density at radius 3 is 2.82 bits per heavy atom. The lowest BCUT2D eigenvalue weighted by atomic mass is 10.3. The second-order valence-electron chi connectivity index (χ2n) is 3.59. The normalized spacial score (nSPS) is 17.2. The second-order valence-corrected chi connectivity index (χ2v) is 3.59. The van der Waals surface area contributed by atoms with Crippen LogP contribution in [0.15, 0.2) is 29.5 Å². The van der Waals surface area contributed by atoms with Crippen LogP contribution in [0.1, 0.15) is 6.42 Å². The smallest absolute Gasteiger partial charge is 0.310 e. The van der Waals surface area contributed by atoms with Gasteiger partial charge in [0.15, 0.2) is 0 Å². The third-order valence-corrected chi connectivity index (χ3v) is 2.42. The molecule has 1 heterocycles. The Labute approximate surface area is 102 Å². The van der Waals surface area contributed by atoms with Crippen molar-refractivity contribution >= 4 is 12.2 Å². The maximum atomic E-state index is 11.0. The molecule has 17 heavy (non-hydrogen) atoms. The van der Waals surface area contributed by atoms with Gasteiger partial charge in [-0.05, 0) is 6.08 Å². The molecule has 1 fully saturated rings. The van der Waals surface area contributed by atoms with Gasteiger partial charge in [-0.15, -0.1) is 0 Å². The van der Waals surface area contributed by atoms with E-state index in [2.05, 4.69) is 26.5 Å². The molecule has 0 atom stereocenters. The van der Waals surface area contributed by atoms with Gasteiger partial charge >= 0.3 is 5.97 Å². The lowest BCUT2D eigenvalue weighted by Crippen LogP contribution is -2.42. The molecular formula is C12H19N3O2. The van der Waals surface area contributed by atoms with Crippen LogP contribution >= 0.6 is 0 Å². The number of esters is 1. The van der Waals surface area contributed by atoms with Crippen LogP contribution in [-0.2, 0) is 9.53 Å². The molecule has 0 aromatic carbocycles. The number of rotatable bonds is 5. The van der Waals surface area contributed by atoms with E-state index in [-0.39, 0.29) is 12.4 Å². The fourth-order valence-electron chi connectivity index (χ4n) is 1.53. The zero-order valence-corrected chi connectivity index (χ0v) is 10.2. The van der Waals surface area contributed by atoms with Crippen LogP contribution in [0.2, 0.25) is 0 Å². The second kappa shape index (κ2) is 7.62. The van der Waals surface area contributed by atoms with Crippen molar-refractivity contribution in [2.24, 2.45) is 4.99 Å². The molecule has 5 heteroatoms. The Morgan fingerprint density at radius 1 is 1.53 bits per heavy atom. The number of ether oxygens (including phenoxy) is 1. The third-order valence-electron chi connectivity index (χ3n) is 2.42. The summed E-state index contributed by atoms with van der Waals surface area (Å²) >= 11 is 0. The molecule has 0 saturated carbocycles. The first-order chi connectivity index (χ1) is 8.27. The quantitative estimate of drug-likeness (QED) is 0.431. The van der Waals surface area contributed by atoms with Gasteiger partial charge in [0.25, 0.3) is 0 Å². The van der Waals surface area contributed by atoms with Gasteiger partial charge in [0, 0.05) is 32.4 Å². The molecule has 94 valence electrons. The van der Waals surface area contributed by atoms with Crippen molar-refractivity contribution in [1.82, 2.24) is 10.2 Å². The Kier molecular flexibility index (Phi) is 6.03. The summed E-state index contributed by atoms with van der Waals surface area (Å²) in [6.07, 6.45) is 5.31. The molecule has 0 amide bonds. The number of hydrogen-bond donors (Lipinski definition) is 1. The van der Waals surface area contributed by atoms with Crippen molar-refractivity contribution in [2.75, 3.05) is 33.3 Å². The van der Waals surface area contributed by atoms with E-state index >= 15 is 0 Å². The molecule has 0 radical (unpaired) electrons. The number of carbonyl (C=O) groups is 1. The van der Waals surface area contributed by atoms with Crippen molar-refractivity contribution in [1.29, 1.82) is 0 Å². The highest BCUT2D eigenvalue weighted by Gasteiger charge is 2.11. The molecule has 1 saturated heterocycles. The number of nitrogens with one attached hydrogen (secondary N) is 1. The van der Waals surface area contributed by atoms with E-state index in [0.717, 1.165) is 32.0 Å². The van der Waals surface area contributed by atoms with E-state index in [1.165, 1.54) is 7.11 Å². The highest BCUT2D eigenvalue weighted by molar-refractivity contribution is 5.86. The molecule has 0 aromatic heterocycles. The first kappa shape index (κ1) is 13.4. The average molecular weight is 237 g/mol. The first-order valence-electron chi connectivity index (χ1n) is 5.65. The van der Waals surface area contributed by atoms with Crippen molar-refractivity contribution in [3.8, 4) is 0 Å². The van der Waals surface area contributed by atoms with Crippen LogP contribution in [0, 0.1) is 0 Å². The molecule has 1 N–H and O–H groups in total. The molecule has 0 aromatic rings. The molecular weight excluding hydrogens is 218 g/mol. The zero-order chi connectivity index (χ0) is 12.5. The van der Waals surface area contributed by atoms with E-state index in [4.69, 9.17) is 0 Å². The summed E-state index contributed by atoms with van der Waals surface area (Å²) in [5.74, 6) is 0.553. The van der Waals surface area contributed by atoms with Crippen molar-refractivity contribution in [2.45, 2.75) is 6.42 Å². The van der Waals surface area contributed by atoms with E-state index < -0.39 is 0 Å².